The van der Waals surface area contributed by atoms with Crippen LogP contribution in [0.25, 0.3) is 0 Å². The molecule has 0 atom stereocenters. The van der Waals surface area contributed by atoms with E-state index >= 15 is 0 Å². The maximum Gasteiger partial charge on any atom is 0.328 e. The van der Waals surface area contributed by atoms with Crippen LogP contribution in [-0.4, -0.2) is 17.7 Å². The van der Waals surface area contributed by atoms with E-state index in [0.29, 0.717) is 5.56 Å². The van der Waals surface area contributed by atoms with E-state index in [1.54, 1.807) is 24.3 Å². The average Bonchev–Trinajstić information content (AvgIpc) is 2.18. The molecule has 0 amide bonds. The Balaban J connectivity index is 2.30. The zero-order valence-corrected chi connectivity index (χ0v) is 11.0. The van der Waals surface area contributed by atoms with Crippen LogP contribution in [0.2, 0.25) is 0 Å². The highest BCUT2D eigenvalue weighted by molar-refractivity contribution is 9.10. The molecule has 0 aliphatic carbocycles. The van der Waals surface area contributed by atoms with Crippen molar-refractivity contribution in [2.24, 2.45) is 0 Å². The maximum atomic E-state index is 11.8. The average molecular weight is 299 g/mol. The van der Waals surface area contributed by atoms with E-state index in [1.807, 2.05) is 0 Å². The monoisotopic (exact) mass is 298 g/mol. The molecule has 90 valence electrons. The minimum Gasteiger partial charge on any atom is -0.422 e. The van der Waals surface area contributed by atoms with E-state index in [9.17, 15) is 9.59 Å². The Morgan fingerprint density at radius 2 is 1.53 bits per heavy atom. The lowest BCUT2D eigenvalue weighted by atomic mass is 9.98. The standard InChI is InChI=1S/C12H11BrO4/c1-12(2)16-10(14)9(11(15)17-12)7-3-5-8(13)6-4-7/h3-6,9H,1-2H3. The van der Waals surface area contributed by atoms with Gasteiger partial charge in [-0.05, 0) is 17.7 Å². The predicted molar refractivity (Wildman–Crippen MR) is 63.1 cm³/mol. The van der Waals surface area contributed by atoms with Gasteiger partial charge in [-0.1, -0.05) is 28.1 Å². The van der Waals surface area contributed by atoms with Crippen LogP contribution in [0, 0.1) is 0 Å². The molecule has 0 N–H and O–H groups in total. The van der Waals surface area contributed by atoms with Gasteiger partial charge in [0, 0.05) is 18.3 Å². The van der Waals surface area contributed by atoms with Crippen molar-refractivity contribution >= 4 is 27.9 Å². The third-order valence-electron chi connectivity index (χ3n) is 2.37. The number of esters is 2. The van der Waals surface area contributed by atoms with Crippen molar-refractivity contribution in [1.82, 2.24) is 0 Å². The minimum absolute atomic E-state index is 0.568. The van der Waals surface area contributed by atoms with Crippen LogP contribution >= 0.6 is 15.9 Å². The summed E-state index contributed by atoms with van der Waals surface area (Å²) in [5, 5.41) is 0. The summed E-state index contributed by atoms with van der Waals surface area (Å²) in [6.45, 7) is 3.06. The molecule has 0 radical (unpaired) electrons. The summed E-state index contributed by atoms with van der Waals surface area (Å²) < 4.78 is 11.0. The first kappa shape index (κ1) is 12.1. The van der Waals surface area contributed by atoms with Crippen molar-refractivity contribution in [2.45, 2.75) is 25.6 Å². The lowest BCUT2D eigenvalue weighted by molar-refractivity contribution is -0.234. The molecule has 1 aromatic carbocycles. The highest BCUT2D eigenvalue weighted by Gasteiger charge is 2.43. The normalized spacial score (nSPS) is 19.7. The molecular weight excluding hydrogens is 288 g/mol. The molecule has 1 aliphatic rings. The molecule has 1 heterocycles. The van der Waals surface area contributed by atoms with Gasteiger partial charge in [-0.3, -0.25) is 9.59 Å². The van der Waals surface area contributed by atoms with Gasteiger partial charge in [0.05, 0.1) is 0 Å². The van der Waals surface area contributed by atoms with Gasteiger partial charge in [0.15, 0.2) is 5.92 Å². The Kier molecular flexibility index (Phi) is 2.95. The molecule has 2 rings (SSSR count). The van der Waals surface area contributed by atoms with Crippen molar-refractivity contribution in [2.75, 3.05) is 0 Å². The van der Waals surface area contributed by atoms with Gasteiger partial charge < -0.3 is 9.47 Å². The Labute approximate surface area is 107 Å². The second kappa shape index (κ2) is 4.14. The number of halogens is 1. The number of hydrogen-bond donors (Lipinski definition) is 0. The molecule has 1 fully saturated rings. The molecule has 0 saturated carbocycles. The van der Waals surface area contributed by atoms with Gasteiger partial charge in [-0.15, -0.1) is 0 Å². The minimum atomic E-state index is -1.18. The number of cyclic esters (lactones) is 2. The number of ether oxygens (including phenoxy) is 2. The third-order valence-corrected chi connectivity index (χ3v) is 2.90. The van der Waals surface area contributed by atoms with E-state index in [4.69, 9.17) is 9.47 Å². The van der Waals surface area contributed by atoms with Gasteiger partial charge in [0.1, 0.15) is 0 Å². The van der Waals surface area contributed by atoms with E-state index in [0.717, 1.165) is 4.47 Å². The van der Waals surface area contributed by atoms with Gasteiger partial charge in [-0.2, -0.15) is 0 Å². The van der Waals surface area contributed by atoms with Crippen LogP contribution in [0.3, 0.4) is 0 Å². The Hall–Kier alpha value is -1.36. The van der Waals surface area contributed by atoms with Crippen LogP contribution < -0.4 is 0 Å². The summed E-state index contributed by atoms with van der Waals surface area (Å²) in [6.07, 6.45) is 0. The molecule has 1 aliphatic heterocycles. The number of rotatable bonds is 1. The van der Waals surface area contributed by atoms with Crippen LogP contribution in [0.4, 0.5) is 0 Å². The summed E-state index contributed by atoms with van der Waals surface area (Å²) in [4.78, 5) is 23.5. The smallest absolute Gasteiger partial charge is 0.328 e. The number of hydrogen-bond acceptors (Lipinski definition) is 4. The molecule has 1 aromatic rings. The fraction of sp³-hybridized carbons (Fsp3) is 0.333. The summed E-state index contributed by atoms with van der Waals surface area (Å²) in [7, 11) is 0. The lowest BCUT2D eigenvalue weighted by Gasteiger charge is -2.32. The Bertz CT molecular complexity index is 444. The lowest BCUT2D eigenvalue weighted by Crippen LogP contribution is -2.45. The molecule has 0 unspecified atom stereocenters. The molecule has 5 heteroatoms. The third kappa shape index (κ3) is 2.49. The largest absolute Gasteiger partial charge is 0.422 e. The van der Waals surface area contributed by atoms with E-state index in [1.165, 1.54) is 13.8 Å². The summed E-state index contributed by atoms with van der Waals surface area (Å²) in [6, 6.07) is 6.90. The Morgan fingerprint density at radius 1 is 1.06 bits per heavy atom. The summed E-state index contributed by atoms with van der Waals surface area (Å²) in [5.74, 6) is -3.32. The molecule has 0 spiro atoms. The van der Waals surface area contributed by atoms with E-state index in [-0.39, 0.29) is 0 Å². The van der Waals surface area contributed by atoms with E-state index < -0.39 is 23.6 Å². The number of carbonyl (C=O) groups is 2. The van der Waals surface area contributed by atoms with Crippen LogP contribution in [0.1, 0.15) is 25.3 Å². The summed E-state index contributed by atoms with van der Waals surface area (Å²) >= 11 is 3.29. The summed E-state index contributed by atoms with van der Waals surface area (Å²) in [5.41, 5.74) is 0.568. The van der Waals surface area contributed by atoms with Crippen LogP contribution in [0.15, 0.2) is 28.7 Å². The predicted octanol–water partition coefficient (Wildman–Crippen LogP) is 2.37. The highest BCUT2D eigenvalue weighted by atomic mass is 79.9. The van der Waals surface area contributed by atoms with Crippen LogP contribution in [0.5, 0.6) is 0 Å². The van der Waals surface area contributed by atoms with Gasteiger partial charge in [0.25, 0.3) is 5.79 Å². The van der Waals surface area contributed by atoms with Crippen molar-refractivity contribution in [3.63, 3.8) is 0 Å². The molecule has 4 nitrogen and oxygen atoms in total. The second-order valence-corrected chi connectivity index (χ2v) is 5.14. The number of carbonyl (C=O) groups excluding carboxylic acids is 2. The molecule has 0 bridgehead atoms. The SMILES string of the molecule is CC1(C)OC(=O)C(c2ccc(Br)cc2)C(=O)O1. The fourth-order valence-electron chi connectivity index (χ4n) is 1.65. The maximum absolute atomic E-state index is 11.8. The topological polar surface area (TPSA) is 52.6 Å². The first-order valence-corrected chi connectivity index (χ1v) is 5.89. The quantitative estimate of drug-likeness (QED) is 0.590. The van der Waals surface area contributed by atoms with Crippen molar-refractivity contribution in [1.29, 1.82) is 0 Å². The zero-order valence-electron chi connectivity index (χ0n) is 9.40. The van der Waals surface area contributed by atoms with Gasteiger partial charge in [-0.25, -0.2) is 0 Å². The van der Waals surface area contributed by atoms with Crippen LogP contribution in [-0.2, 0) is 19.1 Å². The molecule has 1 saturated heterocycles. The van der Waals surface area contributed by atoms with E-state index in [2.05, 4.69) is 15.9 Å². The molecule has 0 aromatic heterocycles. The first-order valence-electron chi connectivity index (χ1n) is 5.10. The van der Waals surface area contributed by atoms with Crippen molar-refractivity contribution < 1.29 is 19.1 Å². The van der Waals surface area contributed by atoms with Crippen molar-refractivity contribution in [3.05, 3.63) is 34.3 Å². The molecule has 17 heavy (non-hydrogen) atoms. The van der Waals surface area contributed by atoms with Crippen molar-refractivity contribution in [3.8, 4) is 0 Å². The first-order chi connectivity index (χ1) is 7.89. The van der Waals surface area contributed by atoms with Gasteiger partial charge >= 0.3 is 11.9 Å². The fourth-order valence-corrected chi connectivity index (χ4v) is 1.91. The highest BCUT2D eigenvalue weighted by Crippen LogP contribution is 2.30. The molecular formula is C12H11BrO4. The second-order valence-electron chi connectivity index (χ2n) is 4.23. The van der Waals surface area contributed by atoms with Gasteiger partial charge in [0.2, 0.25) is 0 Å². The number of benzene rings is 1. The Morgan fingerprint density at radius 3 is 2.00 bits per heavy atom. The zero-order chi connectivity index (χ0) is 12.6.